The molecule has 2 aliphatic rings. The SMILES string of the molecule is N#Cc1ccccc1-c1ccc(-c2nncn2CC2CCN(C(=O)C3CC3)C2)cc1. The number of hydrogen-bond donors (Lipinski definition) is 0. The zero-order chi connectivity index (χ0) is 20.5. The van der Waals surface area contributed by atoms with Gasteiger partial charge in [0, 0.05) is 31.1 Å². The molecule has 1 aliphatic carbocycles. The van der Waals surface area contributed by atoms with E-state index in [4.69, 9.17) is 0 Å². The number of nitriles is 1. The van der Waals surface area contributed by atoms with Crippen molar-refractivity contribution in [2.45, 2.75) is 25.8 Å². The summed E-state index contributed by atoms with van der Waals surface area (Å²) in [4.78, 5) is 14.3. The molecule has 2 aromatic carbocycles. The standard InChI is InChI=1S/C24H23N5O/c25-13-21-3-1-2-4-22(21)18-5-7-19(8-6-18)23-27-26-16-29(23)15-17-11-12-28(14-17)24(30)20-9-10-20/h1-8,16-17,20H,9-12,14-15H2. The molecule has 150 valence electrons. The first kappa shape index (κ1) is 18.6. The van der Waals surface area contributed by atoms with Crippen molar-refractivity contribution in [2.75, 3.05) is 13.1 Å². The molecule has 1 unspecified atom stereocenters. The van der Waals surface area contributed by atoms with Crippen LogP contribution < -0.4 is 0 Å². The van der Waals surface area contributed by atoms with E-state index in [0.29, 0.717) is 23.3 Å². The van der Waals surface area contributed by atoms with Crippen LogP contribution in [0.5, 0.6) is 0 Å². The molecule has 0 spiro atoms. The van der Waals surface area contributed by atoms with Crippen LogP contribution in [0.25, 0.3) is 22.5 Å². The maximum Gasteiger partial charge on any atom is 0.225 e. The van der Waals surface area contributed by atoms with Crippen molar-refractivity contribution in [3.8, 4) is 28.6 Å². The Labute approximate surface area is 175 Å². The van der Waals surface area contributed by atoms with Crippen LogP contribution in [0.1, 0.15) is 24.8 Å². The van der Waals surface area contributed by atoms with E-state index in [9.17, 15) is 10.1 Å². The molecular weight excluding hydrogens is 374 g/mol. The monoisotopic (exact) mass is 397 g/mol. The Balaban J connectivity index is 1.31. The third-order valence-corrected chi connectivity index (χ3v) is 6.10. The van der Waals surface area contributed by atoms with Gasteiger partial charge in [0.15, 0.2) is 5.82 Å². The molecular formula is C24H23N5O. The van der Waals surface area contributed by atoms with Crippen LogP contribution in [-0.4, -0.2) is 38.7 Å². The topological polar surface area (TPSA) is 74.8 Å². The zero-order valence-electron chi connectivity index (χ0n) is 16.7. The lowest BCUT2D eigenvalue weighted by molar-refractivity contribution is -0.131. The second-order valence-corrected chi connectivity index (χ2v) is 8.25. The molecule has 3 aromatic rings. The van der Waals surface area contributed by atoms with Crippen molar-refractivity contribution in [1.82, 2.24) is 19.7 Å². The van der Waals surface area contributed by atoms with E-state index >= 15 is 0 Å². The number of likely N-dealkylation sites (tertiary alicyclic amines) is 1. The van der Waals surface area contributed by atoms with Crippen LogP contribution >= 0.6 is 0 Å². The number of aromatic nitrogens is 3. The smallest absolute Gasteiger partial charge is 0.225 e. The first-order valence-electron chi connectivity index (χ1n) is 10.5. The highest BCUT2D eigenvalue weighted by molar-refractivity contribution is 5.81. The Morgan fingerprint density at radius 3 is 2.60 bits per heavy atom. The lowest BCUT2D eigenvalue weighted by Gasteiger charge is -2.17. The van der Waals surface area contributed by atoms with Gasteiger partial charge < -0.3 is 9.47 Å². The third-order valence-electron chi connectivity index (χ3n) is 6.10. The Hall–Kier alpha value is -3.46. The number of benzene rings is 2. The molecule has 0 N–H and O–H groups in total. The first-order valence-corrected chi connectivity index (χ1v) is 10.5. The molecule has 2 heterocycles. The number of nitrogens with zero attached hydrogens (tertiary/aromatic N) is 5. The maximum absolute atomic E-state index is 12.3. The predicted octanol–water partition coefficient (Wildman–Crippen LogP) is 3.74. The molecule has 1 aromatic heterocycles. The quantitative estimate of drug-likeness (QED) is 0.657. The number of amides is 1. The highest BCUT2D eigenvalue weighted by Crippen LogP contribution is 2.33. The van der Waals surface area contributed by atoms with Gasteiger partial charge in [-0.05, 0) is 42.4 Å². The minimum atomic E-state index is 0.291. The molecule has 1 saturated heterocycles. The van der Waals surface area contributed by atoms with Gasteiger partial charge in [0.25, 0.3) is 0 Å². The van der Waals surface area contributed by atoms with Gasteiger partial charge >= 0.3 is 0 Å². The fourth-order valence-electron chi connectivity index (χ4n) is 4.29. The third kappa shape index (κ3) is 3.59. The number of carbonyl (C=O) groups is 1. The Kier molecular flexibility index (Phi) is 4.80. The summed E-state index contributed by atoms with van der Waals surface area (Å²) in [5, 5.41) is 17.8. The van der Waals surface area contributed by atoms with Gasteiger partial charge in [0.2, 0.25) is 5.91 Å². The van der Waals surface area contributed by atoms with Gasteiger partial charge in [-0.2, -0.15) is 5.26 Å². The fourth-order valence-corrected chi connectivity index (χ4v) is 4.29. The molecule has 0 radical (unpaired) electrons. The summed E-state index contributed by atoms with van der Waals surface area (Å²) < 4.78 is 2.09. The van der Waals surface area contributed by atoms with Gasteiger partial charge in [-0.25, -0.2) is 0 Å². The van der Waals surface area contributed by atoms with Crippen molar-refractivity contribution >= 4 is 5.91 Å². The van der Waals surface area contributed by atoms with Gasteiger partial charge in [-0.15, -0.1) is 10.2 Å². The van der Waals surface area contributed by atoms with E-state index in [1.165, 1.54) is 0 Å². The molecule has 1 atom stereocenters. The van der Waals surface area contributed by atoms with Crippen LogP contribution in [0.3, 0.4) is 0 Å². The van der Waals surface area contributed by atoms with Gasteiger partial charge in [0.05, 0.1) is 11.6 Å². The largest absolute Gasteiger partial charge is 0.342 e. The van der Waals surface area contributed by atoms with Gasteiger partial charge in [-0.3, -0.25) is 4.79 Å². The summed E-state index contributed by atoms with van der Waals surface area (Å²) in [7, 11) is 0. The lowest BCUT2D eigenvalue weighted by atomic mass is 9.99. The summed E-state index contributed by atoms with van der Waals surface area (Å²) >= 11 is 0. The summed E-state index contributed by atoms with van der Waals surface area (Å²) in [5.41, 5.74) is 3.60. The summed E-state index contributed by atoms with van der Waals surface area (Å²) in [6.45, 7) is 2.51. The minimum Gasteiger partial charge on any atom is -0.342 e. The molecule has 6 nitrogen and oxygen atoms in total. The van der Waals surface area contributed by atoms with Crippen LogP contribution in [-0.2, 0) is 11.3 Å². The summed E-state index contributed by atoms with van der Waals surface area (Å²) in [6.07, 6.45) is 4.93. The van der Waals surface area contributed by atoms with E-state index in [1.54, 1.807) is 6.33 Å². The van der Waals surface area contributed by atoms with Crippen LogP contribution in [0.4, 0.5) is 0 Å². The number of carbonyl (C=O) groups excluding carboxylic acids is 1. The summed E-state index contributed by atoms with van der Waals surface area (Å²) in [5.74, 6) is 1.90. The Morgan fingerprint density at radius 1 is 1.07 bits per heavy atom. The molecule has 30 heavy (non-hydrogen) atoms. The van der Waals surface area contributed by atoms with Crippen molar-refractivity contribution < 1.29 is 4.79 Å². The van der Waals surface area contributed by atoms with E-state index < -0.39 is 0 Å². The van der Waals surface area contributed by atoms with Gasteiger partial charge in [-0.1, -0.05) is 42.5 Å². The predicted molar refractivity (Wildman–Crippen MR) is 113 cm³/mol. The van der Waals surface area contributed by atoms with Crippen molar-refractivity contribution in [3.05, 3.63) is 60.4 Å². The molecule has 6 heteroatoms. The van der Waals surface area contributed by atoms with Crippen LogP contribution in [0, 0.1) is 23.2 Å². The Morgan fingerprint density at radius 2 is 1.83 bits per heavy atom. The highest BCUT2D eigenvalue weighted by atomic mass is 16.2. The normalized spacial score (nSPS) is 18.4. The molecule has 1 amide bonds. The summed E-state index contributed by atoms with van der Waals surface area (Å²) in [6, 6.07) is 18.0. The van der Waals surface area contributed by atoms with E-state index in [0.717, 1.165) is 61.4 Å². The van der Waals surface area contributed by atoms with Crippen molar-refractivity contribution in [1.29, 1.82) is 5.26 Å². The van der Waals surface area contributed by atoms with Crippen LogP contribution in [0.15, 0.2) is 54.9 Å². The fraction of sp³-hybridized carbons (Fsp3) is 0.333. The minimum absolute atomic E-state index is 0.291. The van der Waals surface area contributed by atoms with E-state index in [-0.39, 0.29) is 0 Å². The van der Waals surface area contributed by atoms with Crippen molar-refractivity contribution in [3.63, 3.8) is 0 Å². The molecule has 5 rings (SSSR count). The Bertz CT molecular complexity index is 1110. The lowest BCUT2D eigenvalue weighted by Crippen LogP contribution is -2.30. The second-order valence-electron chi connectivity index (χ2n) is 8.25. The molecule has 1 aliphatic heterocycles. The number of rotatable bonds is 5. The highest BCUT2D eigenvalue weighted by Gasteiger charge is 2.36. The molecule has 0 bridgehead atoms. The van der Waals surface area contributed by atoms with Gasteiger partial charge in [0.1, 0.15) is 6.33 Å². The number of hydrogen-bond acceptors (Lipinski definition) is 4. The van der Waals surface area contributed by atoms with E-state index in [2.05, 4.69) is 20.8 Å². The molecule has 1 saturated carbocycles. The maximum atomic E-state index is 12.3. The van der Waals surface area contributed by atoms with Crippen LogP contribution in [0.2, 0.25) is 0 Å². The molecule has 2 fully saturated rings. The van der Waals surface area contributed by atoms with E-state index in [1.807, 2.05) is 53.4 Å². The average Bonchev–Trinajstić information content (AvgIpc) is 3.37. The zero-order valence-corrected chi connectivity index (χ0v) is 16.7. The first-order chi connectivity index (χ1) is 14.7. The van der Waals surface area contributed by atoms with Crippen molar-refractivity contribution in [2.24, 2.45) is 11.8 Å². The second kappa shape index (κ2) is 7.75. The average molecular weight is 397 g/mol.